The first-order valence-corrected chi connectivity index (χ1v) is 3.76. The minimum absolute atomic E-state index is 0.844. The molecule has 0 N–H and O–H groups in total. The summed E-state index contributed by atoms with van der Waals surface area (Å²) in [5, 5.41) is 0. The van der Waals surface area contributed by atoms with Crippen LogP contribution in [0.4, 0.5) is 0 Å². The number of rotatable bonds is 1. The molecule has 3 heteroatoms. The van der Waals surface area contributed by atoms with Crippen molar-refractivity contribution in [1.29, 1.82) is 0 Å². The summed E-state index contributed by atoms with van der Waals surface area (Å²) in [6, 6.07) is 1.04. The van der Waals surface area contributed by atoms with E-state index in [1.54, 1.807) is 0 Å². The van der Waals surface area contributed by atoms with Gasteiger partial charge in [0.25, 0.3) is 0 Å². The van der Waals surface area contributed by atoms with E-state index in [9.17, 15) is 0 Å². The highest BCUT2D eigenvalue weighted by molar-refractivity contribution is 8.11. The Morgan fingerprint density at radius 1 is 2.00 bits per heavy atom. The average Bonchev–Trinajstić information content (AvgIpc) is 1.38. The van der Waals surface area contributed by atoms with E-state index in [4.69, 9.17) is 0 Å². The Morgan fingerprint density at radius 3 is 2.20 bits per heavy atom. The summed E-state index contributed by atoms with van der Waals surface area (Å²) in [4.78, 5) is 0. The highest BCUT2D eigenvalue weighted by Crippen LogP contribution is 1.84. The molecule has 0 aliphatic rings. The van der Waals surface area contributed by atoms with E-state index in [2.05, 4.69) is 24.8 Å². The first-order valence-electron chi connectivity index (χ1n) is 1.49. The van der Waals surface area contributed by atoms with E-state index in [1.807, 2.05) is 0 Å². The van der Waals surface area contributed by atoms with E-state index >= 15 is 0 Å². The predicted molar refractivity (Wildman–Crippen MR) is 36.3 cm³/mol. The minimum Gasteiger partial charge on any atom is -0.137 e. The average molecular weight is 122 g/mol. The molecule has 0 unspecified atom stereocenters. The molecule has 0 aliphatic heterocycles. The van der Waals surface area contributed by atoms with E-state index < -0.39 is 0 Å². The molecule has 0 atom stereocenters. The number of thiocarbonyl (C=S) groups is 1. The second kappa shape index (κ2) is 2.87. The molecule has 0 rings (SSSR count). The quantitative estimate of drug-likeness (QED) is 0.291. The Balaban J connectivity index is 2.85. The van der Waals surface area contributed by atoms with Gasteiger partial charge in [-0.25, -0.2) is 0 Å². The smallest absolute Gasteiger partial charge is 0.0412 e. The Labute approximate surface area is 45.8 Å². The standard InChI is InChI=1S/C2H6S2Si/c3-2(4)1-5/h1H2,5H3,(H,3,4). The van der Waals surface area contributed by atoms with Crippen LogP contribution in [0.15, 0.2) is 0 Å². The van der Waals surface area contributed by atoms with Gasteiger partial charge in [0.05, 0.1) is 0 Å². The van der Waals surface area contributed by atoms with Crippen molar-refractivity contribution >= 4 is 39.3 Å². The lowest BCUT2D eigenvalue weighted by molar-refractivity contribution is 2.05. The van der Waals surface area contributed by atoms with Gasteiger partial charge in [0.2, 0.25) is 0 Å². The van der Waals surface area contributed by atoms with Gasteiger partial charge in [0.15, 0.2) is 0 Å². The molecule has 0 amide bonds. The van der Waals surface area contributed by atoms with Gasteiger partial charge in [0.1, 0.15) is 0 Å². The second-order valence-electron chi connectivity index (χ2n) is 0.747. The maximum absolute atomic E-state index is 4.60. The van der Waals surface area contributed by atoms with Crippen LogP contribution in [0.25, 0.3) is 0 Å². The summed E-state index contributed by atoms with van der Waals surface area (Å²) < 4.78 is 0.844. The zero-order valence-corrected chi connectivity index (χ0v) is 6.77. The predicted octanol–water partition coefficient (Wildman–Crippen LogP) is 0.0273. The molecule has 0 aliphatic carbocycles. The summed E-state index contributed by atoms with van der Waals surface area (Å²) in [6.45, 7) is 0. The number of hydrogen-bond donors (Lipinski definition) is 1. The summed E-state index contributed by atoms with van der Waals surface area (Å²) >= 11 is 8.46. The third-order valence-corrected chi connectivity index (χ3v) is 2.72. The Kier molecular flexibility index (Phi) is 3.25. The molecule has 0 saturated carbocycles. The van der Waals surface area contributed by atoms with Crippen LogP contribution in [0.3, 0.4) is 0 Å². The Hall–Kier alpha value is 0.657. The van der Waals surface area contributed by atoms with E-state index in [0.29, 0.717) is 0 Å². The van der Waals surface area contributed by atoms with Crippen molar-refractivity contribution in [1.82, 2.24) is 0 Å². The second-order valence-corrected chi connectivity index (χ2v) is 2.79. The molecule has 0 aromatic heterocycles. The molecule has 0 bridgehead atoms. The van der Waals surface area contributed by atoms with Gasteiger partial charge < -0.3 is 0 Å². The fraction of sp³-hybridized carbons (Fsp3) is 0.500. The van der Waals surface area contributed by atoms with E-state index in [-0.39, 0.29) is 0 Å². The largest absolute Gasteiger partial charge is 0.137 e. The van der Waals surface area contributed by atoms with Gasteiger partial charge in [-0.15, -0.1) is 12.6 Å². The van der Waals surface area contributed by atoms with Crippen molar-refractivity contribution in [3.63, 3.8) is 0 Å². The van der Waals surface area contributed by atoms with Crippen LogP contribution in [0.2, 0.25) is 6.04 Å². The van der Waals surface area contributed by atoms with Crippen molar-refractivity contribution in [2.45, 2.75) is 6.04 Å². The molecular formula is C2H6S2Si. The zero-order chi connectivity index (χ0) is 4.28. The van der Waals surface area contributed by atoms with Gasteiger partial charge >= 0.3 is 0 Å². The number of thiol groups is 1. The molecule has 0 heterocycles. The fourth-order valence-electron chi connectivity index (χ4n) is 0. The van der Waals surface area contributed by atoms with Crippen molar-refractivity contribution in [3.05, 3.63) is 0 Å². The van der Waals surface area contributed by atoms with Crippen LogP contribution >= 0.6 is 24.8 Å². The topological polar surface area (TPSA) is 0 Å². The van der Waals surface area contributed by atoms with Gasteiger partial charge in [-0.05, 0) is 6.04 Å². The Morgan fingerprint density at radius 2 is 2.20 bits per heavy atom. The van der Waals surface area contributed by atoms with Crippen molar-refractivity contribution in [2.75, 3.05) is 0 Å². The van der Waals surface area contributed by atoms with Crippen LogP contribution < -0.4 is 0 Å². The number of hydrogen-bond acceptors (Lipinski definition) is 1. The molecular weight excluding hydrogens is 116 g/mol. The summed E-state index contributed by atoms with van der Waals surface area (Å²) in [5.74, 6) is 0. The normalized spacial score (nSPS) is 8.20. The van der Waals surface area contributed by atoms with Crippen molar-refractivity contribution in [3.8, 4) is 0 Å². The third kappa shape index (κ3) is 4.66. The third-order valence-electron chi connectivity index (χ3n) is 0.302. The van der Waals surface area contributed by atoms with Crippen LogP contribution in [-0.4, -0.2) is 14.4 Å². The van der Waals surface area contributed by atoms with E-state index in [1.165, 1.54) is 0 Å². The van der Waals surface area contributed by atoms with Crippen molar-refractivity contribution in [2.24, 2.45) is 0 Å². The van der Waals surface area contributed by atoms with E-state index in [0.717, 1.165) is 20.5 Å². The highest BCUT2D eigenvalue weighted by atomic mass is 32.1. The first kappa shape index (κ1) is 5.66. The molecule has 0 radical (unpaired) electrons. The fourth-order valence-corrected chi connectivity index (χ4v) is 0. The molecule has 5 heavy (non-hydrogen) atoms. The summed E-state index contributed by atoms with van der Waals surface area (Å²) in [7, 11) is 1.16. The lowest BCUT2D eigenvalue weighted by atomic mass is 10.9. The zero-order valence-electron chi connectivity index (χ0n) is 3.06. The van der Waals surface area contributed by atoms with Gasteiger partial charge in [0, 0.05) is 14.4 Å². The maximum atomic E-state index is 4.60. The van der Waals surface area contributed by atoms with Crippen LogP contribution in [0.5, 0.6) is 0 Å². The lowest BCUT2D eigenvalue weighted by Crippen LogP contribution is -1.73. The summed E-state index contributed by atoms with van der Waals surface area (Å²) in [6.07, 6.45) is 0. The first-order chi connectivity index (χ1) is 2.27. The van der Waals surface area contributed by atoms with Crippen LogP contribution in [0.1, 0.15) is 0 Å². The van der Waals surface area contributed by atoms with Gasteiger partial charge in [-0.3, -0.25) is 0 Å². The molecule has 0 spiro atoms. The van der Waals surface area contributed by atoms with Crippen LogP contribution in [-0.2, 0) is 0 Å². The SMILES string of the molecule is [SiH3]CC(=S)S. The van der Waals surface area contributed by atoms with Gasteiger partial charge in [-0.1, -0.05) is 12.2 Å². The Bertz CT molecular complexity index is 42.9. The summed E-state index contributed by atoms with van der Waals surface area (Å²) in [5.41, 5.74) is 0. The molecule has 0 nitrogen and oxygen atoms in total. The molecule has 0 aromatic carbocycles. The molecule has 0 saturated heterocycles. The lowest BCUT2D eigenvalue weighted by Gasteiger charge is -1.75. The highest BCUT2D eigenvalue weighted by Gasteiger charge is 1.72. The molecule has 0 aromatic rings. The van der Waals surface area contributed by atoms with Crippen LogP contribution in [0, 0.1) is 0 Å². The molecule has 30 valence electrons. The van der Waals surface area contributed by atoms with Gasteiger partial charge in [-0.2, -0.15) is 0 Å². The monoisotopic (exact) mass is 122 g/mol. The maximum Gasteiger partial charge on any atom is 0.0412 e. The molecule has 0 fully saturated rings. The van der Waals surface area contributed by atoms with Crippen molar-refractivity contribution < 1.29 is 0 Å². The minimum atomic E-state index is 0.844.